The van der Waals surface area contributed by atoms with Crippen LogP contribution in [0, 0.1) is 12.3 Å². The topological polar surface area (TPSA) is 54.0 Å². The van der Waals surface area contributed by atoms with Gasteiger partial charge in [-0.1, -0.05) is 17.6 Å². The summed E-state index contributed by atoms with van der Waals surface area (Å²) in [6.45, 7) is 5.74. The van der Waals surface area contributed by atoms with Gasteiger partial charge in [0.1, 0.15) is 0 Å². The standard InChI is InChI=1S/C20H26O5/c1-8-20(4,11-9-10-14(2)3)25-19(21)15-12-16(22-5)18(24-7)17(13-15)23-6/h1,10,12-13H,9,11H2,2-7H3. The minimum atomic E-state index is -0.997. The molecule has 0 aliphatic heterocycles. The van der Waals surface area contributed by atoms with Crippen molar-refractivity contribution in [3.63, 3.8) is 0 Å². The number of carbonyl (C=O) groups excluding carboxylic acids is 1. The van der Waals surface area contributed by atoms with Crippen LogP contribution in [0.15, 0.2) is 23.8 Å². The first-order valence-electron chi connectivity index (χ1n) is 7.94. The van der Waals surface area contributed by atoms with Crippen molar-refractivity contribution in [1.82, 2.24) is 0 Å². The van der Waals surface area contributed by atoms with E-state index in [1.807, 2.05) is 13.8 Å². The number of methoxy groups -OCH3 is 3. The molecule has 0 aliphatic rings. The third-order valence-electron chi connectivity index (χ3n) is 3.70. The second-order valence-electron chi connectivity index (χ2n) is 6.00. The summed E-state index contributed by atoms with van der Waals surface area (Å²) in [7, 11) is 4.46. The maximum absolute atomic E-state index is 12.6. The number of hydrogen-bond donors (Lipinski definition) is 0. The van der Waals surface area contributed by atoms with E-state index < -0.39 is 11.6 Å². The summed E-state index contributed by atoms with van der Waals surface area (Å²) in [6, 6.07) is 3.08. The van der Waals surface area contributed by atoms with Crippen molar-refractivity contribution < 1.29 is 23.7 Å². The van der Waals surface area contributed by atoms with Gasteiger partial charge in [0.05, 0.1) is 26.9 Å². The minimum absolute atomic E-state index is 0.276. The first-order chi connectivity index (χ1) is 11.8. The van der Waals surface area contributed by atoms with Crippen molar-refractivity contribution in [1.29, 1.82) is 0 Å². The highest BCUT2D eigenvalue weighted by molar-refractivity contribution is 5.91. The Hall–Kier alpha value is -2.61. The molecule has 1 rings (SSSR count). The highest BCUT2D eigenvalue weighted by Gasteiger charge is 2.27. The second-order valence-corrected chi connectivity index (χ2v) is 6.00. The number of esters is 1. The molecule has 1 atom stereocenters. The number of benzene rings is 1. The van der Waals surface area contributed by atoms with Crippen LogP contribution in [0.3, 0.4) is 0 Å². The van der Waals surface area contributed by atoms with Gasteiger partial charge in [-0.3, -0.25) is 0 Å². The summed E-state index contributed by atoms with van der Waals surface area (Å²) in [4.78, 5) is 12.6. The Bertz CT molecular complexity index is 655. The SMILES string of the molecule is C#CC(C)(CCC=C(C)C)OC(=O)c1cc(OC)c(OC)c(OC)c1. The quantitative estimate of drug-likeness (QED) is 0.404. The van der Waals surface area contributed by atoms with Crippen LogP contribution in [0.2, 0.25) is 0 Å². The van der Waals surface area contributed by atoms with Crippen molar-refractivity contribution in [2.24, 2.45) is 0 Å². The van der Waals surface area contributed by atoms with Crippen LogP contribution in [-0.4, -0.2) is 32.9 Å². The van der Waals surface area contributed by atoms with Crippen molar-refractivity contribution in [3.05, 3.63) is 29.3 Å². The monoisotopic (exact) mass is 346 g/mol. The molecule has 0 saturated heterocycles. The molecule has 136 valence electrons. The number of terminal acetylenes is 1. The fourth-order valence-electron chi connectivity index (χ4n) is 2.25. The Labute approximate surface area is 149 Å². The zero-order valence-electron chi connectivity index (χ0n) is 15.8. The number of allylic oxidation sites excluding steroid dienone is 2. The van der Waals surface area contributed by atoms with E-state index in [2.05, 4.69) is 12.0 Å². The average Bonchev–Trinajstić information content (AvgIpc) is 2.59. The number of hydrogen-bond acceptors (Lipinski definition) is 5. The van der Waals surface area contributed by atoms with Gasteiger partial charge in [-0.2, -0.15) is 0 Å². The molecule has 0 aromatic heterocycles. The van der Waals surface area contributed by atoms with E-state index in [1.54, 1.807) is 6.92 Å². The van der Waals surface area contributed by atoms with Crippen molar-refractivity contribution in [2.75, 3.05) is 21.3 Å². The summed E-state index contributed by atoms with van der Waals surface area (Å²) in [5.41, 5.74) is 0.470. The van der Waals surface area contributed by atoms with Crippen LogP contribution in [0.25, 0.3) is 0 Å². The van der Waals surface area contributed by atoms with Gasteiger partial charge < -0.3 is 18.9 Å². The van der Waals surface area contributed by atoms with Gasteiger partial charge in [0, 0.05) is 6.42 Å². The zero-order chi connectivity index (χ0) is 19.0. The summed E-state index contributed by atoms with van der Waals surface area (Å²) >= 11 is 0. The molecule has 1 aromatic rings. The largest absolute Gasteiger partial charge is 0.493 e. The fraction of sp³-hybridized carbons (Fsp3) is 0.450. The molecule has 0 aliphatic carbocycles. The van der Waals surface area contributed by atoms with Gasteiger partial charge in [0.2, 0.25) is 5.75 Å². The van der Waals surface area contributed by atoms with Crippen LogP contribution in [0.1, 0.15) is 44.0 Å². The lowest BCUT2D eigenvalue weighted by Crippen LogP contribution is -2.30. The summed E-state index contributed by atoms with van der Waals surface area (Å²) < 4.78 is 21.3. The van der Waals surface area contributed by atoms with E-state index in [4.69, 9.17) is 25.4 Å². The first kappa shape index (κ1) is 20.4. The molecule has 0 fully saturated rings. The predicted molar refractivity (Wildman–Crippen MR) is 97.4 cm³/mol. The molecule has 25 heavy (non-hydrogen) atoms. The molecule has 0 heterocycles. The second kappa shape index (κ2) is 9.03. The molecule has 0 radical (unpaired) electrons. The van der Waals surface area contributed by atoms with Gasteiger partial charge in [-0.25, -0.2) is 4.79 Å². The third-order valence-corrected chi connectivity index (χ3v) is 3.70. The van der Waals surface area contributed by atoms with E-state index in [0.717, 1.165) is 6.42 Å². The van der Waals surface area contributed by atoms with E-state index in [-0.39, 0.29) is 5.56 Å². The third kappa shape index (κ3) is 5.46. The Kier molecular flexibility index (Phi) is 7.38. The van der Waals surface area contributed by atoms with E-state index in [9.17, 15) is 4.79 Å². The smallest absolute Gasteiger partial charge is 0.339 e. The molecule has 0 amide bonds. The fourth-order valence-corrected chi connectivity index (χ4v) is 2.25. The van der Waals surface area contributed by atoms with Crippen molar-refractivity contribution >= 4 is 5.97 Å². The Morgan fingerprint density at radius 3 is 2.12 bits per heavy atom. The summed E-state index contributed by atoms with van der Waals surface area (Å²) in [5, 5.41) is 0. The van der Waals surface area contributed by atoms with Crippen molar-refractivity contribution in [2.45, 2.75) is 39.2 Å². The summed E-state index contributed by atoms with van der Waals surface area (Å²) in [5.74, 6) is 3.19. The maximum atomic E-state index is 12.6. The molecule has 1 aromatic carbocycles. The van der Waals surface area contributed by atoms with Crippen LogP contribution >= 0.6 is 0 Å². The van der Waals surface area contributed by atoms with E-state index in [0.29, 0.717) is 23.7 Å². The van der Waals surface area contributed by atoms with Crippen LogP contribution < -0.4 is 14.2 Å². The Morgan fingerprint density at radius 2 is 1.72 bits per heavy atom. The Morgan fingerprint density at radius 1 is 1.16 bits per heavy atom. The molecule has 0 spiro atoms. The van der Waals surface area contributed by atoms with Crippen LogP contribution in [0.5, 0.6) is 17.2 Å². The van der Waals surface area contributed by atoms with E-state index >= 15 is 0 Å². The lowest BCUT2D eigenvalue weighted by Gasteiger charge is -2.24. The van der Waals surface area contributed by atoms with Gasteiger partial charge in [0.15, 0.2) is 17.1 Å². The molecule has 0 N–H and O–H groups in total. The molecule has 0 saturated carbocycles. The van der Waals surface area contributed by atoms with Crippen LogP contribution in [0.4, 0.5) is 0 Å². The highest BCUT2D eigenvalue weighted by atomic mass is 16.6. The molecule has 5 nitrogen and oxygen atoms in total. The lowest BCUT2D eigenvalue weighted by atomic mass is 10.00. The first-order valence-corrected chi connectivity index (χ1v) is 7.94. The average molecular weight is 346 g/mol. The minimum Gasteiger partial charge on any atom is -0.493 e. The lowest BCUT2D eigenvalue weighted by molar-refractivity contribution is 0.0118. The van der Waals surface area contributed by atoms with Gasteiger partial charge in [-0.05, 0) is 39.3 Å². The molecule has 1 unspecified atom stereocenters. The van der Waals surface area contributed by atoms with Gasteiger partial charge in [0.25, 0.3) is 0 Å². The molecule has 5 heteroatoms. The maximum Gasteiger partial charge on any atom is 0.339 e. The highest BCUT2D eigenvalue weighted by Crippen LogP contribution is 2.38. The van der Waals surface area contributed by atoms with Gasteiger partial charge in [-0.15, -0.1) is 6.42 Å². The van der Waals surface area contributed by atoms with Gasteiger partial charge >= 0.3 is 5.97 Å². The molecular formula is C20H26O5. The Balaban J connectivity index is 3.06. The number of rotatable bonds is 8. The number of carbonyl (C=O) groups is 1. The normalized spacial score (nSPS) is 12.4. The van der Waals surface area contributed by atoms with E-state index in [1.165, 1.54) is 39.0 Å². The predicted octanol–water partition coefficient (Wildman–Crippen LogP) is 4.01. The number of ether oxygens (including phenoxy) is 4. The van der Waals surface area contributed by atoms with Crippen molar-refractivity contribution in [3.8, 4) is 29.6 Å². The summed E-state index contributed by atoms with van der Waals surface area (Å²) in [6.07, 6.45) is 8.91. The molecule has 0 bridgehead atoms. The molecular weight excluding hydrogens is 320 g/mol. The zero-order valence-corrected chi connectivity index (χ0v) is 15.8. The van der Waals surface area contributed by atoms with Crippen LogP contribution in [-0.2, 0) is 4.74 Å².